The van der Waals surface area contributed by atoms with Gasteiger partial charge in [-0.2, -0.15) is 4.40 Å². The van der Waals surface area contributed by atoms with Crippen LogP contribution in [0.1, 0.15) is 12.8 Å². The van der Waals surface area contributed by atoms with Crippen molar-refractivity contribution >= 4 is 38.4 Å². The molecule has 3 aromatic rings. The van der Waals surface area contributed by atoms with Crippen LogP contribution in [0.4, 0.5) is 5.82 Å². The first-order chi connectivity index (χ1) is 11.7. The summed E-state index contributed by atoms with van der Waals surface area (Å²) in [7, 11) is 1.97. The van der Waals surface area contributed by atoms with Crippen LogP contribution in [0.5, 0.6) is 0 Å². The first-order valence-corrected chi connectivity index (χ1v) is 9.31. The minimum atomic E-state index is 0.671. The Labute approximate surface area is 148 Å². The average Bonchev–Trinajstić information content (AvgIpc) is 3.19. The molecule has 124 valence electrons. The van der Waals surface area contributed by atoms with E-state index in [1.807, 2.05) is 18.1 Å². The van der Waals surface area contributed by atoms with Crippen LogP contribution < -0.4 is 9.30 Å². The number of benzene rings is 1. The van der Waals surface area contributed by atoms with Crippen LogP contribution in [0.25, 0.3) is 16.7 Å². The second-order valence-corrected chi connectivity index (χ2v) is 7.74. The molecule has 0 radical (unpaired) electrons. The third-order valence-corrected chi connectivity index (χ3v) is 5.77. The van der Waals surface area contributed by atoms with E-state index >= 15 is 0 Å². The summed E-state index contributed by atoms with van der Waals surface area (Å²) in [6.07, 6.45) is 4.65. The molecule has 1 aromatic carbocycles. The van der Waals surface area contributed by atoms with Crippen LogP contribution in [0, 0.1) is 0 Å². The van der Waals surface area contributed by atoms with Crippen LogP contribution >= 0.6 is 15.9 Å². The zero-order valence-electron chi connectivity index (χ0n) is 13.7. The second kappa shape index (κ2) is 5.39. The SMILES string of the molecule is Cn1c[n+]2c(n1)c(N1CCN3CCCC3C1)nc1ccc(Br)cc12. The molecule has 0 bridgehead atoms. The van der Waals surface area contributed by atoms with Crippen molar-refractivity contribution in [1.29, 1.82) is 0 Å². The number of rotatable bonds is 1. The van der Waals surface area contributed by atoms with Crippen LogP contribution in [-0.2, 0) is 7.05 Å². The summed E-state index contributed by atoms with van der Waals surface area (Å²) >= 11 is 3.57. The number of fused-ring (bicyclic) bond motifs is 4. The van der Waals surface area contributed by atoms with E-state index in [1.54, 1.807) is 0 Å². The van der Waals surface area contributed by atoms with Crippen molar-refractivity contribution < 1.29 is 4.40 Å². The Hall–Kier alpha value is -1.73. The Kier molecular flexibility index (Phi) is 3.28. The summed E-state index contributed by atoms with van der Waals surface area (Å²) < 4.78 is 5.08. The Balaban J connectivity index is 1.68. The Bertz CT molecular complexity index is 936. The van der Waals surface area contributed by atoms with Gasteiger partial charge in [0.05, 0.1) is 7.05 Å². The molecule has 5 rings (SSSR count). The van der Waals surface area contributed by atoms with Gasteiger partial charge in [-0.15, -0.1) is 4.68 Å². The van der Waals surface area contributed by atoms with Gasteiger partial charge in [0.1, 0.15) is 11.0 Å². The molecule has 0 saturated carbocycles. The van der Waals surface area contributed by atoms with Crippen molar-refractivity contribution in [1.82, 2.24) is 19.7 Å². The van der Waals surface area contributed by atoms with Crippen LogP contribution in [0.2, 0.25) is 0 Å². The highest BCUT2D eigenvalue weighted by molar-refractivity contribution is 9.10. The van der Waals surface area contributed by atoms with Crippen molar-refractivity contribution in [3.63, 3.8) is 0 Å². The minimum absolute atomic E-state index is 0.671. The number of hydrogen-bond donors (Lipinski definition) is 0. The van der Waals surface area contributed by atoms with Gasteiger partial charge in [-0.3, -0.25) is 4.90 Å². The van der Waals surface area contributed by atoms with Gasteiger partial charge in [-0.05, 0) is 37.6 Å². The van der Waals surface area contributed by atoms with E-state index in [0.29, 0.717) is 6.04 Å². The Morgan fingerprint density at radius 2 is 2.17 bits per heavy atom. The smallest absolute Gasteiger partial charge is 0.348 e. The van der Waals surface area contributed by atoms with Crippen molar-refractivity contribution in [3.8, 4) is 0 Å². The third kappa shape index (κ3) is 2.22. The monoisotopic (exact) mass is 387 g/mol. The lowest BCUT2D eigenvalue weighted by Gasteiger charge is -2.37. The van der Waals surface area contributed by atoms with Crippen LogP contribution in [0.15, 0.2) is 29.0 Å². The molecule has 2 aromatic heterocycles. The maximum Gasteiger partial charge on any atom is 0.349 e. The lowest BCUT2D eigenvalue weighted by atomic mass is 10.1. The highest BCUT2D eigenvalue weighted by atomic mass is 79.9. The van der Waals surface area contributed by atoms with E-state index in [2.05, 4.69) is 48.3 Å². The largest absolute Gasteiger partial charge is 0.349 e. The van der Waals surface area contributed by atoms with E-state index in [1.165, 1.54) is 19.4 Å². The first kappa shape index (κ1) is 14.6. The molecule has 1 atom stereocenters. The standard InChI is InChI=1S/C17H20BrN6/c1-21-11-24-15-9-12(18)4-5-14(15)19-16(17(24)20-21)23-8-7-22-6-2-3-13(22)10-23/h4-5,9,11,13H,2-3,6-8,10H2,1H3/q+1. The molecule has 24 heavy (non-hydrogen) atoms. The van der Waals surface area contributed by atoms with Gasteiger partial charge >= 0.3 is 5.65 Å². The lowest BCUT2D eigenvalue weighted by Crippen LogP contribution is -2.50. The summed E-state index contributed by atoms with van der Waals surface area (Å²) in [6, 6.07) is 6.91. The second-order valence-electron chi connectivity index (χ2n) is 6.83. The predicted octanol–water partition coefficient (Wildman–Crippen LogP) is 1.75. The van der Waals surface area contributed by atoms with Gasteiger partial charge in [0.15, 0.2) is 0 Å². The summed E-state index contributed by atoms with van der Waals surface area (Å²) in [5.41, 5.74) is 3.03. The van der Waals surface area contributed by atoms with Gasteiger partial charge < -0.3 is 4.90 Å². The number of anilines is 1. The summed E-state index contributed by atoms with van der Waals surface area (Å²) in [4.78, 5) is 10.0. The minimum Gasteiger partial charge on any atom is -0.348 e. The van der Waals surface area contributed by atoms with Gasteiger partial charge in [-0.25, -0.2) is 4.98 Å². The molecule has 6 nitrogen and oxygen atoms in total. The first-order valence-electron chi connectivity index (χ1n) is 8.52. The molecule has 0 aliphatic carbocycles. The Morgan fingerprint density at radius 3 is 3.08 bits per heavy atom. The number of piperazine rings is 1. The van der Waals surface area contributed by atoms with Crippen LogP contribution in [0.3, 0.4) is 0 Å². The molecule has 0 spiro atoms. The zero-order chi connectivity index (χ0) is 16.3. The average molecular weight is 388 g/mol. The molecule has 0 N–H and O–H groups in total. The molecule has 0 amide bonds. The number of nitrogens with zero attached hydrogens (tertiary/aromatic N) is 6. The highest BCUT2D eigenvalue weighted by Gasteiger charge is 2.33. The predicted molar refractivity (Wildman–Crippen MR) is 96.2 cm³/mol. The third-order valence-electron chi connectivity index (χ3n) is 5.27. The molecule has 1 unspecified atom stereocenters. The maximum absolute atomic E-state index is 4.99. The molecule has 2 saturated heterocycles. The molecule has 2 aliphatic rings. The van der Waals surface area contributed by atoms with E-state index in [-0.39, 0.29) is 0 Å². The number of aromatic nitrogens is 4. The van der Waals surface area contributed by atoms with Gasteiger partial charge in [0.25, 0.3) is 0 Å². The molecule has 2 fully saturated rings. The molecular formula is C17H20BrN6+. The molecule has 2 aliphatic heterocycles. The number of hydrogen-bond acceptors (Lipinski definition) is 4. The Morgan fingerprint density at radius 1 is 1.25 bits per heavy atom. The van der Waals surface area contributed by atoms with E-state index < -0.39 is 0 Å². The quantitative estimate of drug-likeness (QED) is 0.596. The fourth-order valence-electron chi connectivity index (χ4n) is 4.12. The van der Waals surface area contributed by atoms with Gasteiger partial charge in [-0.1, -0.05) is 15.9 Å². The van der Waals surface area contributed by atoms with Crippen molar-refractivity contribution in [2.75, 3.05) is 31.1 Å². The summed E-state index contributed by atoms with van der Waals surface area (Å²) in [5.74, 6) is 1.01. The van der Waals surface area contributed by atoms with E-state index in [0.717, 1.165) is 46.6 Å². The summed E-state index contributed by atoms with van der Waals surface area (Å²) in [6.45, 7) is 4.47. The van der Waals surface area contributed by atoms with Crippen molar-refractivity contribution in [2.45, 2.75) is 18.9 Å². The molecular weight excluding hydrogens is 368 g/mol. The molecule has 7 heteroatoms. The fraction of sp³-hybridized carbons (Fsp3) is 0.471. The summed E-state index contributed by atoms with van der Waals surface area (Å²) in [5, 5.41) is 4.70. The normalized spacial score (nSPS) is 21.8. The van der Waals surface area contributed by atoms with E-state index in [4.69, 9.17) is 10.1 Å². The molecule has 4 heterocycles. The maximum atomic E-state index is 4.99. The topological polar surface area (TPSA) is 41.3 Å². The number of aryl methyl sites for hydroxylation is 1. The van der Waals surface area contributed by atoms with Crippen molar-refractivity contribution in [3.05, 3.63) is 29.0 Å². The van der Waals surface area contributed by atoms with Crippen LogP contribution in [-0.4, -0.2) is 51.9 Å². The van der Waals surface area contributed by atoms with E-state index in [9.17, 15) is 0 Å². The highest BCUT2D eigenvalue weighted by Crippen LogP contribution is 2.27. The lowest BCUT2D eigenvalue weighted by molar-refractivity contribution is -0.482. The van der Waals surface area contributed by atoms with Crippen molar-refractivity contribution in [2.24, 2.45) is 7.05 Å². The van der Waals surface area contributed by atoms with Gasteiger partial charge in [0.2, 0.25) is 12.1 Å². The number of halogens is 1. The fourth-order valence-corrected chi connectivity index (χ4v) is 4.47. The zero-order valence-corrected chi connectivity index (χ0v) is 15.3. The van der Waals surface area contributed by atoms with Gasteiger partial charge in [0, 0.05) is 35.2 Å².